The minimum absolute atomic E-state index is 0.0132. The Morgan fingerprint density at radius 2 is 1.56 bits per heavy atom. The maximum Gasteiger partial charge on any atom is 0.329 e. The van der Waals surface area contributed by atoms with Crippen molar-refractivity contribution in [3.05, 3.63) is 130 Å². The van der Waals surface area contributed by atoms with Gasteiger partial charge in [0.25, 0.3) is 5.91 Å². The first-order valence-corrected chi connectivity index (χ1v) is 13.9. The third kappa shape index (κ3) is 6.51. The second-order valence-electron chi connectivity index (χ2n) is 10.2. The predicted molar refractivity (Wildman–Crippen MR) is 153 cm³/mol. The number of esters is 1. The van der Waals surface area contributed by atoms with Crippen LogP contribution in [0.2, 0.25) is 0 Å². The Bertz CT molecular complexity index is 1590. The van der Waals surface area contributed by atoms with E-state index in [1.807, 2.05) is 49.4 Å². The first-order valence-electron chi connectivity index (χ1n) is 13.9. The summed E-state index contributed by atoms with van der Waals surface area (Å²) in [4.78, 5) is 28.8. The Labute approximate surface area is 247 Å². The van der Waals surface area contributed by atoms with Crippen molar-refractivity contribution in [3.8, 4) is 11.5 Å². The maximum atomic E-state index is 14.7. The average Bonchev–Trinajstić information content (AvgIpc) is 3.00. The lowest BCUT2D eigenvalue weighted by molar-refractivity contribution is -0.159. The van der Waals surface area contributed by atoms with Gasteiger partial charge in [0.05, 0.1) is 6.61 Å². The van der Waals surface area contributed by atoms with Crippen LogP contribution in [0, 0.1) is 24.4 Å². The lowest BCUT2D eigenvalue weighted by atomic mass is 9.90. The zero-order valence-corrected chi connectivity index (χ0v) is 23.7. The van der Waals surface area contributed by atoms with Crippen molar-refractivity contribution in [3.63, 3.8) is 0 Å². The van der Waals surface area contributed by atoms with Gasteiger partial charge in [0.2, 0.25) is 6.10 Å². The van der Waals surface area contributed by atoms with Crippen LogP contribution in [0.25, 0.3) is 0 Å². The Morgan fingerprint density at radius 1 is 0.907 bits per heavy atom. The van der Waals surface area contributed by atoms with E-state index in [1.54, 1.807) is 37.3 Å². The van der Waals surface area contributed by atoms with Gasteiger partial charge in [-0.1, -0.05) is 72.8 Å². The van der Waals surface area contributed by atoms with Crippen molar-refractivity contribution in [2.75, 3.05) is 6.61 Å². The molecule has 0 bridgehead atoms. The molecule has 1 aliphatic heterocycles. The van der Waals surface area contributed by atoms with E-state index in [0.717, 1.165) is 22.3 Å². The molecule has 1 amide bonds. The summed E-state index contributed by atoms with van der Waals surface area (Å²) in [5, 5.41) is 0. The van der Waals surface area contributed by atoms with E-state index in [4.69, 9.17) is 14.2 Å². The maximum absolute atomic E-state index is 14.7. The number of fused-ring (bicyclic) bond motifs is 1. The van der Waals surface area contributed by atoms with Crippen LogP contribution < -0.4 is 9.47 Å². The second kappa shape index (κ2) is 13.0. The summed E-state index contributed by atoms with van der Waals surface area (Å²) in [7, 11) is 0. The van der Waals surface area contributed by atoms with Crippen LogP contribution in [-0.2, 0) is 33.9 Å². The van der Waals surface area contributed by atoms with Crippen molar-refractivity contribution in [2.45, 2.75) is 45.6 Å². The quantitative estimate of drug-likeness (QED) is 0.205. The van der Waals surface area contributed by atoms with E-state index < -0.39 is 47.2 Å². The van der Waals surface area contributed by atoms with Crippen molar-refractivity contribution in [2.24, 2.45) is 0 Å². The van der Waals surface area contributed by atoms with Crippen LogP contribution in [0.15, 0.2) is 84.9 Å². The molecule has 0 N–H and O–H groups in total. The third-order valence-electron chi connectivity index (χ3n) is 7.26. The second-order valence-corrected chi connectivity index (χ2v) is 10.2. The van der Waals surface area contributed by atoms with Crippen molar-refractivity contribution in [1.29, 1.82) is 0 Å². The summed E-state index contributed by atoms with van der Waals surface area (Å²) in [6.07, 6.45) is -1.46. The largest absolute Gasteiger partial charge is 0.488 e. The number of ether oxygens (including phenoxy) is 3. The molecule has 6 nitrogen and oxygen atoms in total. The molecule has 2 atom stereocenters. The molecule has 5 rings (SSSR count). The lowest BCUT2D eigenvalue weighted by Crippen LogP contribution is -2.51. The summed E-state index contributed by atoms with van der Waals surface area (Å²) >= 11 is 0. The fourth-order valence-corrected chi connectivity index (χ4v) is 5.16. The third-order valence-corrected chi connectivity index (χ3v) is 7.26. The fourth-order valence-electron chi connectivity index (χ4n) is 5.16. The number of hydrogen-bond acceptors (Lipinski definition) is 5. The van der Waals surface area contributed by atoms with E-state index in [-0.39, 0.29) is 19.6 Å². The molecule has 4 aromatic carbocycles. The number of carbonyl (C=O) groups is 2. The molecule has 43 heavy (non-hydrogen) atoms. The highest BCUT2D eigenvalue weighted by atomic mass is 19.1. The van der Waals surface area contributed by atoms with Crippen molar-refractivity contribution >= 4 is 11.9 Å². The van der Waals surface area contributed by atoms with Crippen LogP contribution in [0.1, 0.15) is 40.8 Å². The lowest BCUT2D eigenvalue weighted by Gasteiger charge is -2.38. The number of halogens is 3. The Hall–Kier alpha value is -4.79. The Balaban J connectivity index is 1.52. The molecule has 9 heteroatoms. The van der Waals surface area contributed by atoms with E-state index >= 15 is 0 Å². The van der Waals surface area contributed by atoms with Gasteiger partial charge in [0.15, 0.2) is 17.4 Å². The molecule has 4 aromatic rings. The molecular weight excluding hydrogens is 559 g/mol. The monoisotopic (exact) mass is 589 g/mol. The SMILES string of the molecule is CCOC(=O)[C@@H]1Cc2c(ccc(C)c2OCc2ccccc2)CN1C(=O)C(Oc1c(F)cc(F)cc1F)c1ccccc1. The van der Waals surface area contributed by atoms with Gasteiger partial charge in [-0.3, -0.25) is 4.79 Å². The van der Waals surface area contributed by atoms with Gasteiger partial charge in [-0.05, 0) is 30.5 Å². The van der Waals surface area contributed by atoms with Crippen LogP contribution in [0.4, 0.5) is 13.2 Å². The molecule has 0 saturated heterocycles. The highest BCUT2D eigenvalue weighted by Gasteiger charge is 2.41. The highest BCUT2D eigenvalue weighted by molar-refractivity contribution is 5.89. The van der Waals surface area contributed by atoms with Crippen LogP contribution in [0.5, 0.6) is 11.5 Å². The van der Waals surface area contributed by atoms with Gasteiger partial charge < -0.3 is 19.1 Å². The van der Waals surface area contributed by atoms with Crippen LogP contribution in [0.3, 0.4) is 0 Å². The smallest absolute Gasteiger partial charge is 0.329 e. The number of nitrogens with zero attached hydrogens (tertiary/aromatic N) is 1. The summed E-state index contributed by atoms with van der Waals surface area (Å²) in [5.41, 5.74) is 3.64. The van der Waals surface area contributed by atoms with E-state index in [9.17, 15) is 22.8 Å². The van der Waals surface area contributed by atoms with E-state index in [1.165, 1.54) is 4.90 Å². The zero-order valence-electron chi connectivity index (χ0n) is 23.7. The topological polar surface area (TPSA) is 65.1 Å². The van der Waals surface area contributed by atoms with Crippen LogP contribution >= 0.6 is 0 Å². The molecule has 1 unspecified atom stereocenters. The van der Waals surface area contributed by atoms with Crippen LogP contribution in [-0.4, -0.2) is 29.4 Å². The van der Waals surface area contributed by atoms with Crippen molar-refractivity contribution < 1.29 is 37.0 Å². The average molecular weight is 590 g/mol. The standard InChI is InChI=1S/C34H30F3NO5/c1-3-41-34(40)29-18-26-24(15-14-21(2)30(26)42-20-22-10-6-4-7-11-22)19-38(29)33(39)31(23-12-8-5-9-13-23)43-32-27(36)16-25(35)17-28(32)37/h4-17,29,31H,3,18-20H2,1-2H3/t29-,31?/m0/s1. The number of amides is 1. The highest BCUT2D eigenvalue weighted by Crippen LogP contribution is 2.37. The molecule has 222 valence electrons. The minimum Gasteiger partial charge on any atom is -0.488 e. The molecular formula is C34H30F3NO5. The molecule has 0 saturated carbocycles. The number of rotatable bonds is 9. The zero-order chi connectivity index (χ0) is 30.5. The summed E-state index contributed by atoms with van der Waals surface area (Å²) in [6, 6.07) is 21.4. The first-order chi connectivity index (χ1) is 20.8. The fraction of sp³-hybridized carbons (Fsp3) is 0.235. The normalized spacial score (nSPS) is 14.9. The summed E-state index contributed by atoms with van der Waals surface area (Å²) < 4.78 is 60.2. The number of carbonyl (C=O) groups excluding carboxylic acids is 2. The molecule has 1 heterocycles. The van der Waals surface area contributed by atoms with Crippen molar-refractivity contribution in [1.82, 2.24) is 4.90 Å². The van der Waals surface area contributed by atoms with E-state index in [2.05, 4.69) is 0 Å². The van der Waals surface area contributed by atoms with Gasteiger partial charge >= 0.3 is 5.97 Å². The predicted octanol–water partition coefficient (Wildman–Crippen LogP) is 6.63. The molecule has 0 aliphatic carbocycles. The molecule has 0 fully saturated rings. The molecule has 0 radical (unpaired) electrons. The van der Waals surface area contributed by atoms with Gasteiger partial charge in [0, 0.05) is 36.2 Å². The summed E-state index contributed by atoms with van der Waals surface area (Å²) in [6.45, 7) is 3.95. The molecule has 1 aliphatic rings. The minimum atomic E-state index is -1.55. The van der Waals surface area contributed by atoms with Gasteiger partial charge in [-0.25, -0.2) is 18.0 Å². The Kier molecular flexibility index (Phi) is 8.99. The first kappa shape index (κ1) is 29.7. The molecule has 0 aromatic heterocycles. The van der Waals surface area contributed by atoms with Gasteiger partial charge in [-0.15, -0.1) is 0 Å². The number of hydrogen-bond donors (Lipinski definition) is 0. The van der Waals surface area contributed by atoms with E-state index in [0.29, 0.717) is 30.1 Å². The van der Waals surface area contributed by atoms with Gasteiger partial charge in [-0.2, -0.15) is 0 Å². The Morgan fingerprint density at radius 3 is 2.21 bits per heavy atom. The van der Waals surface area contributed by atoms with Gasteiger partial charge in [0.1, 0.15) is 24.2 Å². The number of benzene rings is 4. The molecule has 0 spiro atoms. The summed E-state index contributed by atoms with van der Waals surface area (Å²) in [5.74, 6) is -5.36. The number of aryl methyl sites for hydroxylation is 1.